The molecule has 1 saturated carbocycles. The Kier molecular flexibility index (Phi) is 5.26. The predicted molar refractivity (Wildman–Crippen MR) is 114 cm³/mol. The summed E-state index contributed by atoms with van der Waals surface area (Å²) in [5.74, 6) is -3.13. The number of fused-ring (bicyclic) bond motifs is 5. The van der Waals surface area contributed by atoms with Gasteiger partial charge in [-0.25, -0.2) is 8.78 Å². The number of nitrogens with one attached hydrogen (secondary N) is 1. The summed E-state index contributed by atoms with van der Waals surface area (Å²) in [6, 6.07) is 3.02. The fourth-order valence-electron chi connectivity index (χ4n) is 5.29. The molecule has 3 heterocycles. The molecule has 8 nitrogen and oxygen atoms in total. The molecule has 1 aromatic heterocycles. The molecule has 3 aliphatic rings. The topological polar surface area (TPSA) is 98.8 Å². The van der Waals surface area contributed by atoms with E-state index in [1.807, 2.05) is 0 Å². The zero-order chi connectivity index (χ0) is 23.5. The van der Waals surface area contributed by atoms with Crippen LogP contribution in [0.5, 0.6) is 5.75 Å². The lowest BCUT2D eigenvalue weighted by Crippen LogP contribution is -2.70. The number of nitrogens with two attached hydrogens (primary N) is 1. The number of benzene rings is 1. The Balaban J connectivity index is 1.50. The minimum Gasteiger partial charge on any atom is -0.491 e. The van der Waals surface area contributed by atoms with Gasteiger partial charge in [-0.1, -0.05) is 6.07 Å². The molecular formula is C23H26F2N4O4. The second-order valence-corrected chi connectivity index (χ2v) is 8.95. The van der Waals surface area contributed by atoms with E-state index in [2.05, 4.69) is 5.32 Å². The number of halogens is 2. The number of pyridine rings is 1. The summed E-state index contributed by atoms with van der Waals surface area (Å²) in [6.45, 7) is 1.72. The van der Waals surface area contributed by atoms with Crippen molar-refractivity contribution >= 4 is 5.91 Å². The van der Waals surface area contributed by atoms with Crippen LogP contribution in [0.1, 0.15) is 53.8 Å². The van der Waals surface area contributed by atoms with Gasteiger partial charge in [-0.15, -0.1) is 0 Å². The van der Waals surface area contributed by atoms with Crippen LogP contribution in [0.2, 0.25) is 0 Å². The van der Waals surface area contributed by atoms with Crippen molar-refractivity contribution in [1.29, 1.82) is 0 Å². The zero-order valence-corrected chi connectivity index (χ0v) is 18.4. The van der Waals surface area contributed by atoms with E-state index in [1.165, 1.54) is 25.3 Å². The van der Waals surface area contributed by atoms with Crippen molar-refractivity contribution < 1.29 is 23.0 Å². The van der Waals surface area contributed by atoms with Gasteiger partial charge in [-0.3, -0.25) is 20.2 Å². The van der Waals surface area contributed by atoms with Crippen LogP contribution in [0.25, 0.3) is 0 Å². The van der Waals surface area contributed by atoms with E-state index in [4.69, 9.17) is 15.2 Å². The first kappa shape index (κ1) is 22.0. The van der Waals surface area contributed by atoms with Crippen molar-refractivity contribution in [3.8, 4) is 5.75 Å². The molecule has 2 fully saturated rings. The lowest BCUT2D eigenvalue weighted by atomic mass is 10.0. The van der Waals surface area contributed by atoms with Crippen LogP contribution in [0, 0.1) is 11.6 Å². The zero-order valence-electron chi connectivity index (χ0n) is 18.4. The average Bonchev–Trinajstić information content (AvgIpc) is 3.14. The van der Waals surface area contributed by atoms with Crippen molar-refractivity contribution in [3.63, 3.8) is 0 Å². The number of amides is 1. The number of aromatic nitrogens is 1. The molecule has 176 valence electrons. The molecule has 3 N–H and O–H groups in total. The molecule has 1 amide bonds. The molecule has 4 atom stereocenters. The number of ether oxygens (including phenoxy) is 2. The molecule has 1 aromatic carbocycles. The van der Waals surface area contributed by atoms with Gasteiger partial charge in [0.1, 0.15) is 11.6 Å². The van der Waals surface area contributed by atoms with E-state index >= 15 is 0 Å². The van der Waals surface area contributed by atoms with E-state index in [-0.39, 0.29) is 47.8 Å². The number of rotatable bonds is 5. The summed E-state index contributed by atoms with van der Waals surface area (Å²) in [5.41, 5.74) is 6.40. The van der Waals surface area contributed by atoms with Crippen molar-refractivity contribution in [2.45, 2.75) is 63.3 Å². The highest BCUT2D eigenvalue weighted by atomic mass is 19.1. The van der Waals surface area contributed by atoms with Crippen molar-refractivity contribution in [1.82, 2.24) is 14.8 Å². The third kappa shape index (κ3) is 3.44. The molecule has 2 aliphatic heterocycles. The molecule has 1 saturated heterocycles. The van der Waals surface area contributed by atoms with Crippen LogP contribution >= 0.6 is 0 Å². The van der Waals surface area contributed by atoms with Crippen LogP contribution in [0.15, 0.2) is 29.2 Å². The Morgan fingerprint density at radius 2 is 2.03 bits per heavy atom. The smallest absolute Gasteiger partial charge is 0.278 e. The fourth-order valence-corrected chi connectivity index (χ4v) is 5.29. The molecule has 2 bridgehead atoms. The van der Waals surface area contributed by atoms with Gasteiger partial charge in [0, 0.05) is 36.0 Å². The Morgan fingerprint density at radius 1 is 1.30 bits per heavy atom. The van der Waals surface area contributed by atoms with Gasteiger partial charge in [-0.2, -0.15) is 0 Å². The first-order chi connectivity index (χ1) is 15.7. The summed E-state index contributed by atoms with van der Waals surface area (Å²) in [5, 5.41) is 2.99. The summed E-state index contributed by atoms with van der Waals surface area (Å²) in [4.78, 5) is 28.3. The van der Waals surface area contributed by atoms with Gasteiger partial charge >= 0.3 is 0 Å². The predicted octanol–water partition coefficient (Wildman–Crippen LogP) is 2.01. The van der Waals surface area contributed by atoms with Gasteiger partial charge in [0.25, 0.3) is 5.91 Å². The number of methoxy groups -OCH3 is 1. The molecule has 2 aromatic rings. The second kappa shape index (κ2) is 7.89. The van der Waals surface area contributed by atoms with Gasteiger partial charge < -0.3 is 19.4 Å². The highest BCUT2D eigenvalue weighted by Gasteiger charge is 2.55. The maximum Gasteiger partial charge on any atom is 0.278 e. The molecule has 5 rings (SSSR count). The monoisotopic (exact) mass is 460 g/mol. The Hall–Kier alpha value is -2.82. The fraction of sp³-hybridized carbons (Fsp3) is 0.478. The third-order valence-electron chi connectivity index (χ3n) is 6.90. The minimum absolute atomic E-state index is 0.00241. The van der Waals surface area contributed by atoms with E-state index in [0.29, 0.717) is 0 Å². The Morgan fingerprint density at radius 3 is 2.73 bits per heavy atom. The lowest BCUT2D eigenvalue weighted by molar-refractivity contribution is -0.210. The largest absolute Gasteiger partial charge is 0.491 e. The summed E-state index contributed by atoms with van der Waals surface area (Å²) < 4.78 is 41.1. The Bertz CT molecular complexity index is 1170. The number of carbonyl (C=O) groups is 1. The molecule has 33 heavy (non-hydrogen) atoms. The molecule has 0 spiro atoms. The highest BCUT2D eigenvalue weighted by Crippen LogP contribution is 2.42. The van der Waals surface area contributed by atoms with Crippen LogP contribution in [-0.4, -0.2) is 40.5 Å². The van der Waals surface area contributed by atoms with Gasteiger partial charge in [0.15, 0.2) is 11.4 Å². The van der Waals surface area contributed by atoms with Crippen molar-refractivity contribution in [2.75, 3.05) is 7.11 Å². The standard InChI is InChI=1S/C23H26F2N4O4/c1-12(27-9-15-17(24)4-3-5-18(15)25)16-10-28-11-23(26)29(13-6-7-14(8-13)33-23)22(31)19(28)21(32-2)20(16)30/h3-5,10,12-14,27H,6-9,11,26H2,1-2H3/t12?,13?,14-,23+/m0/s1. The summed E-state index contributed by atoms with van der Waals surface area (Å²) in [7, 11) is 1.34. The van der Waals surface area contributed by atoms with Crippen LogP contribution in [0.3, 0.4) is 0 Å². The number of nitrogens with zero attached hydrogens (tertiary/aromatic N) is 2. The van der Waals surface area contributed by atoms with Crippen LogP contribution in [-0.2, 0) is 17.8 Å². The molecular weight excluding hydrogens is 434 g/mol. The quantitative estimate of drug-likeness (QED) is 0.708. The van der Waals surface area contributed by atoms with Crippen molar-refractivity contribution in [3.05, 3.63) is 63.1 Å². The van der Waals surface area contributed by atoms with E-state index in [1.54, 1.807) is 22.6 Å². The van der Waals surface area contributed by atoms with Gasteiger partial charge in [0.2, 0.25) is 11.3 Å². The number of hydrogen-bond donors (Lipinski definition) is 2. The van der Waals surface area contributed by atoms with Crippen molar-refractivity contribution in [2.24, 2.45) is 5.73 Å². The Labute approximate surface area is 189 Å². The molecule has 1 aliphatic carbocycles. The van der Waals surface area contributed by atoms with E-state index < -0.39 is 34.9 Å². The molecule has 0 radical (unpaired) electrons. The van der Waals surface area contributed by atoms with Gasteiger partial charge in [-0.05, 0) is 38.3 Å². The summed E-state index contributed by atoms with van der Waals surface area (Å²) in [6.07, 6.45) is 3.91. The minimum atomic E-state index is -1.31. The first-order valence-corrected chi connectivity index (χ1v) is 11.0. The van der Waals surface area contributed by atoms with Crippen LogP contribution < -0.4 is 21.2 Å². The molecule has 10 heteroatoms. The number of hydrogen-bond acceptors (Lipinski definition) is 6. The maximum absolute atomic E-state index is 14.0. The number of carbonyl (C=O) groups excluding carboxylic acids is 1. The first-order valence-electron chi connectivity index (χ1n) is 11.0. The van der Waals surface area contributed by atoms with Gasteiger partial charge in [0.05, 0.1) is 19.8 Å². The normalized spacial score (nSPS) is 26.7. The average molecular weight is 460 g/mol. The van der Waals surface area contributed by atoms with E-state index in [9.17, 15) is 18.4 Å². The highest BCUT2D eigenvalue weighted by molar-refractivity contribution is 5.96. The molecule has 2 unspecified atom stereocenters. The van der Waals surface area contributed by atoms with E-state index in [0.717, 1.165) is 19.3 Å². The second-order valence-electron chi connectivity index (χ2n) is 8.95. The van der Waals surface area contributed by atoms with Crippen LogP contribution in [0.4, 0.5) is 8.78 Å². The lowest BCUT2D eigenvalue weighted by Gasteiger charge is -2.50. The summed E-state index contributed by atoms with van der Waals surface area (Å²) >= 11 is 0. The maximum atomic E-state index is 14.0. The SMILES string of the molecule is COc1c2n(cc(C(C)NCc3c(F)cccc3F)c1=O)C[C@]1(N)O[C@H]3CCC(C3)N1C2=O. The third-order valence-corrected chi connectivity index (χ3v) is 6.90.